The van der Waals surface area contributed by atoms with Crippen molar-refractivity contribution in [1.82, 2.24) is 0 Å². The molecule has 0 aromatic rings. The molecule has 0 aromatic carbocycles. The molecule has 0 unspecified atom stereocenters. The third-order valence-electron chi connectivity index (χ3n) is 0.401. The van der Waals surface area contributed by atoms with Crippen LogP contribution in [-0.2, 0) is 0 Å². The topological polar surface area (TPSA) is 0 Å². The van der Waals surface area contributed by atoms with Crippen molar-refractivity contribution < 1.29 is 0 Å². The van der Waals surface area contributed by atoms with E-state index in [0.717, 1.165) is 0 Å². The van der Waals surface area contributed by atoms with E-state index >= 15 is 0 Å². The zero-order valence-corrected chi connectivity index (χ0v) is 12.7. The van der Waals surface area contributed by atoms with E-state index in [1.807, 2.05) is 0 Å². The van der Waals surface area contributed by atoms with Crippen LogP contribution in [0.4, 0.5) is 0 Å². The summed E-state index contributed by atoms with van der Waals surface area (Å²) in [7, 11) is 26.9. The van der Waals surface area contributed by atoms with Gasteiger partial charge in [0.2, 0.25) is 0 Å². The minimum absolute atomic E-state index is 0.259. The van der Waals surface area contributed by atoms with E-state index in [0.29, 0.717) is 0 Å². The van der Waals surface area contributed by atoms with Crippen molar-refractivity contribution in [2.75, 3.05) is 0 Å². The van der Waals surface area contributed by atoms with Crippen LogP contribution in [0.1, 0.15) is 0 Å². The van der Waals surface area contributed by atoms with Crippen LogP contribution >= 0.6 is 60.1 Å². The maximum atomic E-state index is 5.53. The van der Waals surface area contributed by atoms with E-state index < -0.39 is 21.0 Å². The normalized spacial score (nSPS) is 14.0. The molecule has 0 aliphatic heterocycles. The first kappa shape index (κ1) is 11.8. The minimum atomic E-state index is -3.14. The summed E-state index contributed by atoms with van der Waals surface area (Å²) in [5.74, 6) is 0. The van der Waals surface area contributed by atoms with Gasteiger partial charge in [-0.05, 0) is 0 Å². The average molecular weight is 372 g/mol. The Labute approximate surface area is 83.9 Å². The first-order chi connectivity index (χ1) is 3.71. The van der Waals surface area contributed by atoms with Crippen molar-refractivity contribution in [3.63, 3.8) is 0 Å². The molecule has 9 heavy (non-hydrogen) atoms. The number of halogens is 6. The standard InChI is InChI=1S/CH2Cl6Ge2/c2-8(3,4)1-9(5,6)7/h1H2. The van der Waals surface area contributed by atoms with Gasteiger partial charge in [-0.15, -0.1) is 0 Å². The molecule has 0 saturated carbocycles. The van der Waals surface area contributed by atoms with Crippen LogP contribution in [0, 0.1) is 0 Å². The van der Waals surface area contributed by atoms with Gasteiger partial charge in [-0.25, -0.2) is 0 Å². The summed E-state index contributed by atoms with van der Waals surface area (Å²) in [5.41, 5.74) is 0. The summed E-state index contributed by atoms with van der Waals surface area (Å²) in [6, 6.07) is 0. The first-order valence-electron chi connectivity index (χ1n) is 1.84. The summed E-state index contributed by atoms with van der Waals surface area (Å²) in [6.07, 6.45) is 0. The Morgan fingerprint density at radius 3 is 0.889 bits per heavy atom. The number of rotatable bonds is 2. The van der Waals surface area contributed by atoms with E-state index in [9.17, 15) is 0 Å². The molecular weight excluding hydrogens is 370 g/mol. The molecule has 0 heterocycles. The van der Waals surface area contributed by atoms with Gasteiger partial charge in [0.15, 0.2) is 0 Å². The molecule has 0 atom stereocenters. The van der Waals surface area contributed by atoms with Gasteiger partial charge in [0.05, 0.1) is 0 Å². The third-order valence-corrected chi connectivity index (χ3v) is 32.5. The molecule has 56 valence electrons. The summed E-state index contributed by atoms with van der Waals surface area (Å²) < 4.78 is 0.259. The molecule has 0 rings (SSSR count). The number of hydrogen-bond acceptors (Lipinski definition) is 0. The summed E-state index contributed by atoms with van der Waals surface area (Å²) >= 11 is 0. The molecule has 0 bridgehead atoms. The van der Waals surface area contributed by atoms with Crippen LogP contribution in [0.5, 0.6) is 0 Å². The zero-order valence-electron chi connectivity index (χ0n) is 3.97. The van der Waals surface area contributed by atoms with Crippen LogP contribution in [0.3, 0.4) is 0 Å². The Morgan fingerprint density at radius 1 is 0.667 bits per heavy atom. The Balaban J connectivity index is 3.75. The van der Waals surface area contributed by atoms with Gasteiger partial charge >= 0.3 is 85.1 Å². The van der Waals surface area contributed by atoms with Crippen molar-refractivity contribution in [2.45, 2.75) is 4.09 Å². The van der Waals surface area contributed by atoms with Gasteiger partial charge in [-0.2, -0.15) is 0 Å². The van der Waals surface area contributed by atoms with Crippen molar-refractivity contribution in [1.29, 1.82) is 0 Å². The van der Waals surface area contributed by atoms with E-state index in [2.05, 4.69) is 0 Å². The molecule has 0 fully saturated rings. The fourth-order valence-corrected chi connectivity index (χ4v) is 55.2. The predicted molar refractivity (Wildman–Crippen MR) is 51.4 cm³/mol. The fourth-order valence-electron chi connectivity index (χ4n) is 0.227. The van der Waals surface area contributed by atoms with E-state index in [1.165, 1.54) is 0 Å². The zero-order chi connectivity index (χ0) is 7.71. The van der Waals surface area contributed by atoms with Gasteiger partial charge in [0, 0.05) is 0 Å². The molecule has 0 amide bonds. The molecule has 0 radical (unpaired) electrons. The number of hydrogen-bond donors (Lipinski definition) is 0. The quantitative estimate of drug-likeness (QED) is 0.647. The van der Waals surface area contributed by atoms with Crippen molar-refractivity contribution >= 4 is 81.0 Å². The molecular formula is CH2Cl6Ge2. The monoisotopic (exact) mass is 372 g/mol. The fraction of sp³-hybridized carbons (Fsp3) is 1.00. The first-order valence-corrected chi connectivity index (χ1v) is 21.3. The van der Waals surface area contributed by atoms with Crippen LogP contribution in [0.15, 0.2) is 0 Å². The summed E-state index contributed by atoms with van der Waals surface area (Å²) in [4.78, 5) is 0. The van der Waals surface area contributed by atoms with Gasteiger partial charge in [0.1, 0.15) is 0 Å². The second-order valence-electron chi connectivity index (χ2n) is 1.41. The SMILES string of the molecule is [Cl][Ge]([Cl])([Cl])[CH2][Ge]([Cl])([Cl])[Cl]. The second kappa shape index (κ2) is 4.17. The molecule has 0 saturated heterocycles. The predicted octanol–water partition coefficient (Wildman–Crippen LogP) is 3.84. The van der Waals surface area contributed by atoms with Crippen molar-refractivity contribution in [3.8, 4) is 0 Å². The van der Waals surface area contributed by atoms with Crippen LogP contribution in [0.2, 0.25) is 4.09 Å². The maximum absolute atomic E-state index is 5.53. The Bertz CT molecular complexity index is 76.2. The van der Waals surface area contributed by atoms with Crippen LogP contribution in [0.25, 0.3) is 0 Å². The van der Waals surface area contributed by atoms with E-state index in [1.54, 1.807) is 0 Å². The van der Waals surface area contributed by atoms with Gasteiger partial charge < -0.3 is 0 Å². The summed E-state index contributed by atoms with van der Waals surface area (Å²) in [5, 5.41) is 0. The van der Waals surface area contributed by atoms with Crippen LogP contribution in [-0.4, -0.2) is 21.0 Å². The van der Waals surface area contributed by atoms with E-state index in [-0.39, 0.29) is 4.09 Å². The average Bonchev–Trinajstić information content (AvgIpc) is 1.14. The molecule has 0 spiro atoms. The van der Waals surface area contributed by atoms with Gasteiger partial charge in [-0.3, -0.25) is 0 Å². The molecule has 8 heteroatoms. The van der Waals surface area contributed by atoms with Crippen molar-refractivity contribution in [3.05, 3.63) is 0 Å². The Hall–Kier alpha value is 2.83. The third kappa shape index (κ3) is 10.8. The molecule has 0 aliphatic rings. The Morgan fingerprint density at radius 2 is 0.889 bits per heavy atom. The molecule has 0 aromatic heterocycles. The van der Waals surface area contributed by atoms with Crippen molar-refractivity contribution in [2.24, 2.45) is 0 Å². The summed E-state index contributed by atoms with van der Waals surface area (Å²) in [6.45, 7) is 0. The molecule has 0 N–H and O–H groups in total. The van der Waals surface area contributed by atoms with Crippen LogP contribution < -0.4 is 0 Å². The second-order valence-corrected chi connectivity index (χ2v) is 37.3. The van der Waals surface area contributed by atoms with Gasteiger partial charge in [-0.1, -0.05) is 0 Å². The van der Waals surface area contributed by atoms with Gasteiger partial charge in [0.25, 0.3) is 0 Å². The molecule has 0 aliphatic carbocycles. The molecule has 0 nitrogen and oxygen atoms in total. The Kier molecular flexibility index (Phi) is 5.48. The van der Waals surface area contributed by atoms with E-state index in [4.69, 9.17) is 60.1 Å².